The summed E-state index contributed by atoms with van der Waals surface area (Å²) in [7, 11) is 0. The molecule has 0 aliphatic carbocycles. The standard InChI is InChI=1S/C14H10BrClN2S/c1-8-9(15)4-2-6-11(8)17-14-18-12-7-3-5-10(16)13(12)19-14/h2-7H,1H3,(H,17,18). The second-order valence-corrected chi connectivity index (χ2v) is 6.41. The molecule has 5 heteroatoms. The van der Waals surface area contributed by atoms with Gasteiger partial charge >= 0.3 is 0 Å². The van der Waals surface area contributed by atoms with Crippen molar-refractivity contribution >= 4 is 59.9 Å². The molecule has 3 rings (SSSR count). The summed E-state index contributed by atoms with van der Waals surface area (Å²) in [6, 6.07) is 11.8. The lowest BCUT2D eigenvalue weighted by Gasteiger charge is -2.07. The van der Waals surface area contributed by atoms with E-state index < -0.39 is 0 Å². The number of anilines is 2. The van der Waals surface area contributed by atoms with Crippen molar-refractivity contribution in [1.82, 2.24) is 4.98 Å². The SMILES string of the molecule is Cc1c(Br)cccc1Nc1nc2cccc(Cl)c2s1. The normalized spacial score (nSPS) is 10.9. The van der Waals surface area contributed by atoms with Gasteiger partial charge in [0.1, 0.15) is 0 Å². The maximum Gasteiger partial charge on any atom is 0.188 e. The van der Waals surface area contributed by atoms with Gasteiger partial charge < -0.3 is 5.32 Å². The molecule has 96 valence electrons. The topological polar surface area (TPSA) is 24.9 Å². The van der Waals surface area contributed by atoms with Gasteiger partial charge in [0.05, 0.1) is 15.2 Å². The Morgan fingerprint density at radius 3 is 2.79 bits per heavy atom. The van der Waals surface area contributed by atoms with E-state index in [9.17, 15) is 0 Å². The minimum atomic E-state index is 0.744. The Labute approximate surface area is 128 Å². The van der Waals surface area contributed by atoms with Gasteiger partial charge in [-0.2, -0.15) is 0 Å². The molecule has 0 aliphatic heterocycles. The van der Waals surface area contributed by atoms with E-state index in [1.54, 1.807) is 11.3 Å². The number of fused-ring (bicyclic) bond motifs is 1. The Morgan fingerprint density at radius 1 is 1.21 bits per heavy atom. The molecule has 0 fully saturated rings. The Morgan fingerprint density at radius 2 is 2.00 bits per heavy atom. The average Bonchev–Trinajstić information content (AvgIpc) is 2.79. The summed E-state index contributed by atoms with van der Waals surface area (Å²) < 4.78 is 2.09. The van der Waals surface area contributed by atoms with Crippen LogP contribution < -0.4 is 5.32 Å². The van der Waals surface area contributed by atoms with Crippen molar-refractivity contribution in [3.05, 3.63) is 51.5 Å². The van der Waals surface area contributed by atoms with Gasteiger partial charge in [-0.15, -0.1) is 0 Å². The maximum absolute atomic E-state index is 6.16. The summed E-state index contributed by atoms with van der Waals surface area (Å²) in [6.45, 7) is 2.06. The van der Waals surface area contributed by atoms with Gasteiger partial charge in [-0.25, -0.2) is 4.98 Å². The number of thiazole rings is 1. The summed E-state index contributed by atoms with van der Waals surface area (Å²) in [6.07, 6.45) is 0. The molecular formula is C14H10BrClN2S. The van der Waals surface area contributed by atoms with E-state index in [-0.39, 0.29) is 0 Å². The first-order valence-corrected chi connectivity index (χ1v) is 7.71. The molecule has 19 heavy (non-hydrogen) atoms. The highest BCUT2D eigenvalue weighted by atomic mass is 79.9. The molecule has 2 nitrogen and oxygen atoms in total. The van der Waals surface area contributed by atoms with Crippen LogP contribution in [0.5, 0.6) is 0 Å². The third-order valence-corrected chi connectivity index (χ3v) is 5.18. The fourth-order valence-electron chi connectivity index (χ4n) is 1.83. The number of benzene rings is 2. The second kappa shape index (κ2) is 5.12. The van der Waals surface area contributed by atoms with Crippen LogP contribution in [0.3, 0.4) is 0 Å². The maximum atomic E-state index is 6.16. The zero-order valence-electron chi connectivity index (χ0n) is 10.1. The third kappa shape index (κ3) is 2.48. The Balaban J connectivity index is 2.02. The lowest BCUT2D eigenvalue weighted by atomic mass is 10.2. The van der Waals surface area contributed by atoms with Crippen LogP contribution in [-0.4, -0.2) is 4.98 Å². The monoisotopic (exact) mass is 352 g/mol. The van der Waals surface area contributed by atoms with Gasteiger partial charge in [0.2, 0.25) is 0 Å². The quantitative estimate of drug-likeness (QED) is 0.633. The summed E-state index contributed by atoms with van der Waals surface area (Å²) in [4.78, 5) is 4.55. The number of hydrogen-bond acceptors (Lipinski definition) is 3. The van der Waals surface area contributed by atoms with Crippen LogP contribution in [0, 0.1) is 6.92 Å². The second-order valence-electron chi connectivity index (χ2n) is 4.14. The van der Waals surface area contributed by atoms with Gasteiger partial charge in [-0.1, -0.05) is 51.0 Å². The van der Waals surface area contributed by atoms with Crippen LogP contribution >= 0.6 is 38.9 Å². The van der Waals surface area contributed by atoms with E-state index in [0.29, 0.717) is 0 Å². The van der Waals surface area contributed by atoms with Crippen molar-refractivity contribution in [2.75, 3.05) is 5.32 Å². The predicted molar refractivity (Wildman–Crippen MR) is 86.8 cm³/mol. The molecule has 1 heterocycles. The Kier molecular flexibility index (Phi) is 3.48. The Bertz CT molecular complexity index is 754. The molecule has 3 aromatic rings. The Hall–Kier alpha value is -1.10. The number of hydrogen-bond donors (Lipinski definition) is 1. The molecule has 0 saturated heterocycles. The predicted octanol–water partition coefficient (Wildman–Crippen LogP) is 5.76. The molecule has 0 aliphatic rings. The molecule has 0 unspecified atom stereocenters. The highest BCUT2D eigenvalue weighted by Gasteiger charge is 2.08. The van der Waals surface area contributed by atoms with Crippen LogP contribution in [0.2, 0.25) is 5.02 Å². The number of halogens is 2. The van der Waals surface area contributed by atoms with Crippen LogP contribution in [0.15, 0.2) is 40.9 Å². The number of rotatable bonds is 2. The van der Waals surface area contributed by atoms with Crippen molar-refractivity contribution in [3.63, 3.8) is 0 Å². The molecule has 0 bridgehead atoms. The van der Waals surface area contributed by atoms with Crippen LogP contribution in [-0.2, 0) is 0 Å². The van der Waals surface area contributed by atoms with Crippen LogP contribution in [0.1, 0.15) is 5.56 Å². The lowest BCUT2D eigenvalue weighted by Crippen LogP contribution is -1.92. The van der Waals surface area contributed by atoms with Crippen molar-refractivity contribution in [3.8, 4) is 0 Å². The molecule has 0 spiro atoms. The van der Waals surface area contributed by atoms with E-state index in [2.05, 4.69) is 33.2 Å². The highest BCUT2D eigenvalue weighted by molar-refractivity contribution is 9.10. The zero-order valence-corrected chi connectivity index (χ0v) is 13.2. The smallest absolute Gasteiger partial charge is 0.188 e. The van der Waals surface area contributed by atoms with Gasteiger partial charge in [-0.3, -0.25) is 0 Å². The first-order chi connectivity index (χ1) is 9.15. The number of aromatic nitrogens is 1. The van der Waals surface area contributed by atoms with E-state index in [4.69, 9.17) is 11.6 Å². The molecule has 1 N–H and O–H groups in total. The van der Waals surface area contributed by atoms with Gasteiger partial charge in [0.15, 0.2) is 5.13 Å². The summed E-state index contributed by atoms with van der Waals surface area (Å²) >= 11 is 11.3. The molecule has 0 radical (unpaired) electrons. The third-order valence-electron chi connectivity index (χ3n) is 2.88. The minimum Gasteiger partial charge on any atom is -0.331 e. The molecule has 1 aromatic heterocycles. The number of nitrogens with zero attached hydrogens (tertiary/aromatic N) is 1. The van der Waals surface area contributed by atoms with Gasteiger partial charge in [-0.05, 0) is 36.8 Å². The largest absolute Gasteiger partial charge is 0.331 e. The van der Waals surface area contributed by atoms with Crippen LogP contribution in [0.4, 0.5) is 10.8 Å². The first-order valence-electron chi connectivity index (χ1n) is 5.72. The molecule has 0 atom stereocenters. The van der Waals surface area contributed by atoms with Crippen molar-refractivity contribution < 1.29 is 0 Å². The van der Waals surface area contributed by atoms with Crippen molar-refractivity contribution in [2.24, 2.45) is 0 Å². The average molecular weight is 354 g/mol. The zero-order chi connectivity index (χ0) is 13.4. The van der Waals surface area contributed by atoms with E-state index in [1.165, 1.54) is 0 Å². The van der Waals surface area contributed by atoms with Gasteiger partial charge in [0, 0.05) is 10.2 Å². The van der Waals surface area contributed by atoms with E-state index in [0.717, 1.165) is 36.1 Å². The first kappa shape index (κ1) is 12.9. The van der Waals surface area contributed by atoms with Crippen molar-refractivity contribution in [1.29, 1.82) is 0 Å². The molecule has 0 saturated carbocycles. The fourth-order valence-corrected chi connectivity index (χ4v) is 3.36. The summed E-state index contributed by atoms with van der Waals surface area (Å²) in [5.41, 5.74) is 3.13. The van der Waals surface area contributed by atoms with E-state index in [1.807, 2.05) is 36.4 Å². The fraction of sp³-hybridized carbons (Fsp3) is 0.0714. The molecule has 0 amide bonds. The molecule has 2 aromatic carbocycles. The minimum absolute atomic E-state index is 0.744. The van der Waals surface area contributed by atoms with Crippen LogP contribution in [0.25, 0.3) is 10.2 Å². The number of nitrogens with one attached hydrogen (secondary N) is 1. The van der Waals surface area contributed by atoms with Crippen molar-refractivity contribution in [2.45, 2.75) is 6.92 Å². The lowest BCUT2D eigenvalue weighted by molar-refractivity contribution is 1.38. The molecular weight excluding hydrogens is 344 g/mol. The summed E-state index contributed by atoms with van der Waals surface area (Å²) in [5, 5.41) is 4.94. The van der Waals surface area contributed by atoms with Gasteiger partial charge in [0.25, 0.3) is 0 Å². The highest BCUT2D eigenvalue weighted by Crippen LogP contribution is 2.34. The van der Waals surface area contributed by atoms with E-state index >= 15 is 0 Å². The summed E-state index contributed by atoms with van der Waals surface area (Å²) in [5.74, 6) is 0.